The summed E-state index contributed by atoms with van der Waals surface area (Å²) in [7, 11) is 0. The molecule has 0 spiro atoms. The average Bonchev–Trinajstić information content (AvgIpc) is 2.26. The van der Waals surface area contributed by atoms with Crippen LogP contribution in [-0.4, -0.2) is 21.6 Å². The molecule has 0 amide bonds. The quantitative estimate of drug-likeness (QED) is 0.590. The number of aliphatic hydroxyl groups excluding tert-OH is 2. The Labute approximate surface area is 106 Å². The molecule has 2 unspecified atom stereocenters. The monoisotopic (exact) mass is 311 g/mol. The second-order valence-corrected chi connectivity index (χ2v) is 4.53. The Hall–Kier alpha value is -0.360. The Kier molecular flexibility index (Phi) is 4.98. The molecule has 1 rings (SSSR count). The molecule has 1 aromatic rings. The summed E-state index contributed by atoms with van der Waals surface area (Å²) in [5.41, 5.74) is 5.37. The van der Waals surface area contributed by atoms with E-state index in [2.05, 4.69) is 15.9 Å². The van der Waals surface area contributed by atoms with Crippen LogP contribution in [0.5, 0.6) is 0 Å². The van der Waals surface area contributed by atoms with E-state index in [9.17, 15) is 14.6 Å². The Morgan fingerprint density at radius 1 is 1.44 bits per heavy atom. The first-order valence-corrected chi connectivity index (χ1v) is 6.14. The van der Waals surface area contributed by atoms with Crippen LogP contribution in [0.1, 0.15) is 18.1 Å². The minimum atomic E-state index is -1.22. The zero-order chi connectivity index (χ0) is 12.3. The Morgan fingerprint density at radius 3 is 2.62 bits per heavy atom. The number of hydrogen-bond acceptors (Lipinski definition) is 3. The van der Waals surface area contributed by atoms with Crippen molar-refractivity contribution in [2.45, 2.75) is 18.6 Å². The Morgan fingerprint density at radius 2 is 2.06 bits per heavy atom. The second-order valence-electron chi connectivity index (χ2n) is 3.36. The highest BCUT2D eigenvalue weighted by molar-refractivity contribution is 9.09. The normalized spacial score (nSPS) is 14.8. The summed E-state index contributed by atoms with van der Waals surface area (Å²) in [4.78, 5) is 0. The van der Waals surface area contributed by atoms with Gasteiger partial charge in [-0.1, -0.05) is 33.6 Å². The number of benzene rings is 1. The van der Waals surface area contributed by atoms with Gasteiger partial charge >= 0.3 is 0 Å². The van der Waals surface area contributed by atoms with Gasteiger partial charge in [0.1, 0.15) is 6.10 Å². The summed E-state index contributed by atoms with van der Waals surface area (Å²) < 4.78 is 13.3. The van der Waals surface area contributed by atoms with Gasteiger partial charge in [-0.3, -0.25) is 0 Å². The summed E-state index contributed by atoms with van der Waals surface area (Å²) >= 11 is 8.84. The van der Waals surface area contributed by atoms with E-state index in [0.29, 0.717) is 11.8 Å². The van der Waals surface area contributed by atoms with Crippen molar-refractivity contribution in [3.05, 3.63) is 28.5 Å². The fraction of sp³-hybridized carbons (Fsp3) is 0.400. The van der Waals surface area contributed by atoms with Gasteiger partial charge in [-0.15, -0.1) is 0 Å². The van der Waals surface area contributed by atoms with Crippen LogP contribution in [0, 0.1) is 5.82 Å². The molecule has 4 N–H and O–H groups in total. The third-order valence-electron chi connectivity index (χ3n) is 2.23. The maximum atomic E-state index is 13.3. The number of anilines is 1. The van der Waals surface area contributed by atoms with Gasteiger partial charge in [0.05, 0.1) is 16.8 Å². The van der Waals surface area contributed by atoms with Crippen molar-refractivity contribution in [2.24, 2.45) is 0 Å². The van der Waals surface area contributed by atoms with Crippen molar-refractivity contribution in [3.8, 4) is 0 Å². The van der Waals surface area contributed by atoms with E-state index in [4.69, 9.17) is 17.3 Å². The van der Waals surface area contributed by atoms with E-state index in [0.717, 1.165) is 0 Å². The number of hydrogen-bond donors (Lipinski definition) is 3. The molecule has 16 heavy (non-hydrogen) atoms. The first-order chi connectivity index (χ1) is 7.49. The number of nitrogen functional groups attached to an aromatic ring is 1. The number of rotatable bonds is 4. The summed E-state index contributed by atoms with van der Waals surface area (Å²) in [6.45, 7) is 0. The van der Waals surface area contributed by atoms with Gasteiger partial charge in [-0.2, -0.15) is 0 Å². The molecule has 1 aromatic carbocycles. The molecular formula is C10H12BrClFNO2. The SMILES string of the molecule is Nc1ccc(C(O)C(O)CCBr)c(Cl)c1F. The zero-order valence-corrected chi connectivity index (χ0v) is 10.7. The first-order valence-electron chi connectivity index (χ1n) is 4.64. The summed E-state index contributed by atoms with van der Waals surface area (Å²) in [6.07, 6.45) is -1.89. The highest BCUT2D eigenvalue weighted by Gasteiger charge is 2.22. The molecule has 0 radical (unpaired) electrons. The van der Waals surface area contributed by atoms with Crippen LogP contribution < -0.4 is 5.73 Å². The number of nitrogens with two attached hydrogens (primary N) is 1. The van der Waals surface area contributed by atoms with E-state index in [1.165, 1.54) is 12.1 Å². The largest absolute Gasteiger partial charge is 0.396 e. The zero-order valence-electron chi connectivity index (χ0n) is 8.33. The van der Waals surface area contributed by atoms with Crippen LogP contribution >= 0.6 is 27.5 Å². The van der Waals surface area contributed by atoms with Gasteiger partial charge in [-0.05, 0) is 12.5 Å². The maximum Gasteiger partial charge on any atom is 0.165 e. The van der Waals surface area contributed by atoms with Crippen LogP contribution in [0.15, 0.2) is 12.1 Å². The number of aliphatic hydroxyl groups is 2. The highest BCUT2D eigenvalue weighted by Crippen LogP contribution is 2.31. The van der Waals surface area contributed by atoms with Crippen molar-refractivity contribution in [3.63, 3.8) is 0 Å². The van der Waals surface area contributed by atoms with Crippen LogP contribution in [0.25, 0.3) is 0 Å². The molecule has 0 fully saturated rings. The summed E-state index contributed by atoms with van der Waals surface area (Å²) in [5.74, 6) is -0.774. The fourth-order valence-corrected chi connectivity index (χ4v) is 2.04. The van der Waals surface area contributed by atoms with Crippen molar-refractivity contribution >= 4 is 33.2 Å². The van der Waals surface area contributed by atoms with E-state index in [-0.39, 0.29) is 16.3 Å². The number of halogens is 3. The lowest BCUT2D eigenvalue weighted by Crippen LogP contribution is -2.19. The third-order valence-corrected chi connectivity index (χ3v) is 3.07. The lowest BCUT2D eigenvalue weighted by Gasteiger charge is -2.18. The molecule has 0 aliphatic heterocycles. The van der Waals surface area contributed by atoms with Gasteiger partial charge < -0.3 is 15.9 Å². The van der Waals surface area contributed by atoms with Gasteiger partial charge in [0.2, 0.25) is 0 Å². The van der Waals surface area contributed by atoms with Crippen molar-refractivity contribution in [1.82, 2.24) is 0 Å². The molecule has 2 atom stereocenters. The Bertz CT molecular complexity index is 378. The average molecular weight is 313 g/mol. The molecule has 0 aliphatic carbocycles. The fourth-order valence-electron chi connectivity index (χ4n) is 1.28. The maximum absolute atomic E-state index is 13.3. The smallest absolute Gasteiger partial charge is 0.165 e. The molecule has 0 aliphatic rings. The van der Waals surface area contributed by atoms with E-state index >= 15 is 0 Å². The van der Waals surface area contributed by atoms with Crippen molar-refractivity contribution < 1.29 is 14.6 Å². The summed E-state index contributed by atoms with van der Waals surface area (Å²) in [5, 5.41) is 19.6. The lowest BCUT2D eigenvalue weighted by molar-refractivity contribution is 0.0173. The predicted octanol–water partition coefficient (Wildman–Crippen LogP) is 2.24. The highest BCUT2D eigenvalue weighted by atomic mass is 79.9. The standard InChI is InChI=1S/C10H12BrClFNO2/c11-4-3-7(15)10(16)5-1-2-6(14)9(13)8(5)12/h1-2,7,10,15-16H,3-4,14H2. The van der Waals surface area contributed by atoms with Gasteiger partial charge in [0.25, 0.3) is 0 Å². The molecule has 0 saturated heterocycles. The van der Waals surface area contributed by atoms with E-state index in [1.807, 2.05) is 0 Å². The van der Waals surface area contributed by atoms with Crippen LogP contribution in [0.4, 0.5) is 10.1 Å². The molecule has 6 heteroatoms. The minimum Gasteiger partial charge on any atom is -0.396 e. The lowest BCUT2D eigenvalue weighted by atomic mass is 10.0. The third kappa shape index (κ3) is 2.85. The van der Waals surface area contributed by atoms with Gasteiger partial charge in [-0.25, -0.2) is 4.39 Å². The van der Waals surface area contributed by atoms with Crippen molar-refractivity contribution in [1.29, 1.82) is 0 Å². The van der Waals surface area contributed by atoms with Crippen LogP contribution in [0.3, 0.4) is 0 Å². The molecule has 0 aromatic heterocycles. The van der Waals surface area contributed by atoms with Crippen molar-refractivity contribution in [2.75, 3.05) is 11.1 Å². The number of alkyl halides is 1. The van der Waals surface area contributed by atoms with Crippen LogP contribution in [0.2, 0.25) is 5.02 Å². The van der Waals surface area contributed by atoms with Gasteiger partial charge in [0, 0.05) is 10.9 Å². The van der Waals surface area contributed by atoms with E-state index < -0.39 is 18.0 Å². The molecule has 0 bridgehead atoms. The molecule has 0 saturated carbocycles. The topological polar surface area (TPSA) is 66.5 Å². The Balaban J connectivity index is 3.00. The minimum absolute atomic E-state index is 0.0871. The summed E-state index contributed by atoms with van der Waals surface area (Å²) in [6, 6.07) is 2.71. The molecular weight excluding hydrogens is 300 g/mol. The molecule has 3 nitrogen and oxygen atoms in total. The van der Waals surface area contributed by atoms with E-state index in [1.54, 1.807) is 0 Å². The molecule has 90 valence electrons. The van der Waals surface area contributed by atoms with Gasteiger partial charge in [0.15, 0.2) is 5.82 Å². The second kappa shape index (κ2) is 5.82. The first kappa shape index (κ1) is 13.7. The van der Waals surface area contributed by atoms with Crippen LogP contribution in [-0.2, 0) is 0 Å². The predicted molar refractivity (Wildman–Crippen MR) is 65.2 cm³/mol. The molecule has 0 heterocycles.